The summed E-state index contributed by atoms with van der Waals surface area (Å²) in [4.78, 5) is 11.6. The van der Waals surface area contributed by atoms with E-state index in [1.54, 1.807) is 0 Å². The van der Waals surface area contributed by atoms with Crippen LogP contribution in [0.1, 0.15) is 12.0 Å². The lowest BCUT2D eigenvalue weighted by Gasteiger charge is -2.12. The van der Waals surface area contributed by atoms with Crippen LogP contribution in [0.3, 0.4) is 0 Å². The zero-order chi connectivity index (χ0) is 13.9. The van der Waals surface area contributed by atoms with Gasteiger partial charge in [0.05, 0.1) is 11.5 Å². The van der Waals surface area contributed by atoms with Crippen molar-refractivity contribution in [3.05, 3.63) is 34.3 Å². The fraction of sp³-hybridized carbons (Fsp3) is 0.417. The molecule has 0 radical (unpaired) electrons. The van der Waals surface area contributed by atoms with Crippen molar-refractivity contribution in [3.63, 3.8) is 0 Å². The number of benzene rings is 1. The van der Waals surface area contributed by atoms with Gasteiger partial charge in [0.1, 0.15) is 0 Å². The number of carbonyl (C=O) groups is 1. The van der Waals surface area contributed by atoms with Gasteiger partial charge in [-0.15, -0.1) is 0 Å². The topological polar surface area (TPSA) is 75.3 Å². The maximum Gasteiger partial charge on any atom is 0.315 e. The van der Waals surface area contributed by atoms with Crippen LogP contribution < -0.4 is 10.6 Å². The summed E-state index contributed by atoms with van der Waals surface area (Å²) in [5.41, 5.74) is 0.984. The fourth-order valence-corrected chi connectivity index (χ4v) is 3.87. The van der Waals surface area contributed by atoms with Crippen molar-refractivity contribution >= 4 is 31.8 Å². The molecule has 0 saturated carbocycles. The molecule has 1 aliphatic rings. The second-order valence-electron chi connectivity index (χ2n) is 4.55. The molecule has 1 unspecified atom stereocenters. The molecule has 104 valence electrons. The lowest BCUT2D eigenvalue weighted by molar-refractivity contribution is 0.237. The van der Waals surface area contributed by atoms with E-state index in [0.29, 0.717) is 13.0 Å². The molecule has 0 bridgehead atoms. The summed E-state index contributed by atoms with van der Waals surface area (Å²) in [6.07, 6.45) is 0.494. The Labute approximate surface area is 120 Å². The molecule has 5 nitrogen and oxygen atoms in total. The van der Waals surface area contributed by atoms with Crippen LogP contribution in [0.4, 0.5) is 4.79 Å². The Hall–Kier alpha value is -1.08. The van der Waals surface area contributed by atoms with E-state index in [9.17, 15) is 13.2 Å². The highest BCUT2D eigenvalue weighted by atomic mass is 79.9. The zero-order valence-electron chi connectivity index (χ0n) is 10.2. The minimum Gasteiger partial charge on any atom is -0.334 e. The van der Waals surface area contributed by atoms with E-state index >= 15 is 0 Å². The van der Waals surface area contributed by atoms with E-state index in [2.05, 4.69) is 26.6 Å². The van der Waals surface area contributed by atoms with Gasteiger partial charge in [-0.2, -0.15) is 0 Å². The molecule has 2 rings (SSSR count). The van der Waals surface area contributed by atoms with Crippen LogP contribution >= 0.6 is 15.9 Å². The first-order chi connectivity index (χ1) is 8.94. The van der Waals surface area contributed by atoms with Crippen molar-refractivity contribution in [2.45, 2.75) is 19.0 Å². The Morgan fingerprint density at radius 3 is 2.58 bits per heavy atom. The van der Waals surface area contributed by atoms with Gasteiger partial charge in [-0.1, -0.05) is 28.1 Å². The fourth-order valence-electron chi connectivity index (χ4n) is 1.93. The number of amides is 2. The standard InChI is InChI=1S/C12H15BrN2O3S/c13-10-3-1-9(2-4-10)7-14-12(16)15-11-5-6-19(17,18)8-11/h1-4,11H,5-8H2,(H2,14,15,16). The molecule has 1 atom stereocenters. The van der Waals surface area contributed by atoms with Crippen molar-refractivity contribution in [1.29, 1.82) is 0 Å². The van der Waals surface area contributed by atoms with Gasteiger partial charge in [0.2, 0.25) is 0 Å². The summed E-state index contributed by atoms with van der Waals surface area (Å²) in [6.45, 7) is 0.415. The van der Waals surface area contributed by atoms with Crippen LogP contribution in [-0.2, 0) is 16.4 Å². The van der Waals surface area contributed by atoms with Gasteiger partial charge in [-0.3, -0.25) is 0 Å². The van der Waals surface area contributed by atoms with Crippen molar-refractivity contribution in [3.8, 4) is 0 Å². The Balaban J connectivity index is 1.77. The van der Waals surface area contributed by atoms with E-state index < -0.39 is 9.84 Å². The molecule has 1 aromatic rings. The third-order valence-corrected chi connectivity index (χ3v) is 5.23. The monoisotopic (exact) mass is 346 g/mol. The van der Waals surface area contributed by atoms with E-state index in [-0.39, 0.29) is 23.6 Å². The maximum atomic E-state index is 11.6. The Morgan fingerprint density at radius 1 is 1.32 bits per heavy atom. The van der Waals surface area contributed by atoms with Gasteiger partial charge < -0.3 is 10.6 Å². The quantitative estimate of drug-likeness (QED) is 0.869. The molecule has 0 aliphatic carbocycles. The van der Waals surface area contributed by atoms with Gasteiger partial charge >= 0.3 is 6.03 Å². The SMILES string of the molecule is O=C(NCc1ccc(Br)cc1)NC1CCS(=O)(=O)C1. The number of carbonyl (C=O) groups excluding carboxylic acids is 1. The summed E-state index contributed by atoms with van der Waals surface area (Å²) in [7, 11) is -2.96. The number of hydrogen-bond acceptors (Lipinski definition) is 3. The molecule has 1 fully saturated rings. The number of rotatable bonds is 3. The van der Waals surface area contributed by atoms with Crippen LogP contribution in [0.5, 0.6) is 0 Å². The third kappa shape index (κ3) is 4.50. The van der Waals surface area contributed by atoms with Crippen molar-refractivity contribution in [2.75, 3.05) is 11.5 Å². The lowest BCUT2D eigenvalue weighted by Crippen LogP contribution is -2.42. The summed E-state index contributed by atoms with van der Waals surface area (Å²) < 4.78 is 23.5. The Kier molecular flexibility index (Phi) is 4.46. The summed E-state index contributed by atoms with van der Waals surface area (Å²) >= 11 is 3.34. The highest BCUT2D eigenvalue weighted by Crippen LogP contribution is 2.11. The minimum absolute atomic E-state index is 0.0404. The predicted octanol–water partition coefficient (Wildman–Crippen LogP) is 1.44. The first-order valence-corrected chi connectivity index (χ1v) is 8.55. The number of nitrogens with one attached hydrogen (secondary N) is 2. The van der Waals surface area contributed by atoms with Gasteiger partial charge in [-0.05, 0) is 24.1 Å². The first kappa shape index (κ1) is 14.3. The molecule has 1 aromatic carbocycles. The molecule has 1 heterocycles. The van der Waals surface area contributed by atoms with Crippen molar-refractivity contribution in [2.24, 2.45) is 0 Å². The highest BCUT2D eigenvalue weighted by molar-refractivity contribution is 9.10. The average Bonchev–Trinajstić information content (AvgIpc) is 2.68. The molecule has 19 heavy (non-hydrogen) atoms. The van der Waals surface area contributed by atoms with Gasteiger partial charge in [0, 0.05) is 17.1 Å². The normalized spacial score (nSPS) is 21.0. The summed E-state index contributed by atoms with van der Waals surface area (Å²) in [5, 5.41) is 5.39. The largest absolute Gasteiger partial charge is 0.334 e. The molecule has 1 saturated heterocycles. The molecule has 2 amide bonds. The molecule has 7 heteroatoms. The number of hydrogen-bond donors (Lipinski definition) is 2. The maximum absolute atomic E-state index is 11.6. The second kappa shape index (κ2) is 5.92. The second-order valence-corrected chi connectivity index (χ2v) is 7.70. The van der Waals surface area contributed by atoms with Crippen LogP contribution in [0, 0.1) is 0 Å². The molecular weight excluding hydrogens is 332 g/mol. The van der Waals surface area contributed by atoms with Crippen molar-refractivity contribution in [1.82, 2.24) is 10.6 Å². The molecule has 2 N–H and O–H groups in total. The van der Waals surface area contributed by atoms with E-state index in [1.165, 1.54) is 0 Å². The van der Waals surface area contributed by atoms with E-state index in [4.69, 9.17) is 0 Å². The van der Waals surface area contributed by atoms with Crippen LogP contribution in [0.25, 0.3) is 0 Å². The van der Waals surface area contributed by atoms with Crippen molar-refractivity contribution < 1.29 is 13.2 Å². The molecule has 1 aliphatic heterocycles. The molecule has 0 spiro atoms. The summed E-state index contributed by atoms with van der Waals surface area (Å²) in [5.74, 6) is 0.198. The zero-order valence-corrected chi connectivity index (χ0v) is 12.6. The minimum atomic E-state index is -2.96. The van der Waals surface area contributed by atoms with Crippen LogP contribution in [0.2, 0.25) is 0 Å². The van der Waals surface area contributed by atoms with Gasteiger partial charge in [-0.25, -0.2) is 13.2 Å². The smallest absolute Gasteiger partial charge is 0.315 e. The number of halogens is 1. The predicted molar refractivity (Wildman–Crippen MR) is 76.6 cm³/mol. The van der Waals surface area contributed by atoms with Gasteiger partial charge in [0.25, 0.3) is 0 Å². The average molecular weight is 347 g/mol. The van der Waals surface area contributed by atoms with E-state index in [0.717, 1.165) is 10.0 Å². The highest BCUT2D eigenvalue weighted by Gasteiger charge is 2.28. The first-order valence-electron chi connectivity index (χ1n) is 5.94. The molecule has 0 aromatic heterocycles. The Morgan fingerprint density at radius 2 is 2.00 bits per heavy atom. The lowest BCUT2D eigenvalue weighted by atomic mass is 10.2. The Bertz CT molecular complexity index is 557. The van der Waals surface area contributed by atoms with Crippen LogP contribution in [-0.4, -0.2) is 32.0 Å². The van der Waals surface area contributed by atoms with Crippen LogP contribution in [0.15, 0.2) is 28.7 Å². The summed E-state index contributed by atoms with van der Waals surface area (Å²) in [6, 6.07) is 7.02. The third-order valence-electron chi connectivity index (χ3n) is 2.93. The number of sulfone groups is 1. The van der Waals surface area contributed by atoms with E-state index in [1.807, 2.05) is 24.3 Å². The number of urea groups is 1. The van der Waals surface area contributed by atoms with Gasteiger partial charge in [0.15, 0.2) is 9.84 Å². The molecular formula is C12H15BrN2O3S.